The topological polar surface area (TPSA) is 54.4 Å². The van der Waals surface area contributed by atoms with Crippen molar-refractivity contribution in [2.24, 2.45) is 45.3 Å². The largest absolute Gasteiger partial charge is 0.392 e. The van der Waals surface area contributed by atoms with Gasteiger partial charge in [0.2, 0.25) is 0 Å². The number of hydrogen-bond acceptors (Lipinski definition) is 3. The zero-order valence-electron chi connectivity index (χ0n) is 22.0. The molecule has 1 N–H and O–H groups in total. The molecule has 33 heavy (non-hydrogen) atoms. The molecule has 0 spiro atoms. The molecule has 9 atom stereocenters. The molecule has 0 heterocycles. The van der Waals surface area contributed by atoms with Crippen LogP contribution in [0.2, 0.25) is 0 Å². The van der Waals surface area contributed by atoms with Crippen LogP contribution >= 0.6 is 0 Å². The molecule has 4 aliphatic rings. The van der Waals surface area contributed by atoms with Crippen LogP contribution in [0.4, 0.5) is 0 Å². The first kappa shape index (κ1) is 24.9. The zero-order chi connectivity index (χ0) is 24.4. The van der Waals surface area contributed by atoms with Crippen molar-refractivity contribution >= 4 is 12.1 Å². The fourth-order valence-corrected chi connectivity index (χ4v) is 9.40. The second kappa shape index (κ2) is 8.18. The van der Waals surface area contributed by atoms with E-state index >= 15 is 0 Å². The average Bonchev–Trinajstić information content (AvgIpc) is 3.02. The molecule has 0 aromatic rings. The normalized spacial score (nSPS) is 47.5. The van der Waals surface area contributed by atoms with Gasteiger partial charge in [0.25, 0.3) is 0 Å². The van der Waals surface area contributed by atoms with Gasteiger partial charge in [-0.1, -0.05) is 51.8 Å². The number of carbonyl (C=O) groups excluding carboxylic acids is 2. The van der Waals surface area contributed by atoms with Crippen LogP contribution in [0, 0.1) is 45.3 Å². The molecular formula is C30H46O3. The molecule has 3 heteroatoms. The van der Waals surface area contributed by atoms with Crippen LogP contribution in [-0.4, -0.2) is 23.3 Å². The maximum atomic E-state index is 12.6. The minimum absolute atomic E-state index is 0.0758. The summed E-state index contributed by atoms with van der Waals surface area (Å²) in [6, 6.07) is 0. The first-order chi connectivity index (χ1) is 15.3. The summed E-state index contributed by atoms with van der Waals surface area (Å²) in [5.41, 5.74) is 2.54. The van der Waals surface area contributed by atoms with Crippen molar-refractivity contribution < 1.29 is 14.7 Å². The molecule has 0 bridgehead atoms. The Balaban J connectivity index is 1.65. The van der Waals surface area contributed by atoms with Crippen LogP contribution in [0.1, 0.15) is 99.8 Å². The van der Waals surface area contributed by atoms with Crippen LogP contribution in [0.15, 0.2) is 23.3 Å². The summed E-state index contributed by atoms with van der Waals surface area (Å²) in [4.78, 5) is 24.8. The molecule has 0 saturated heterocycles. The van der Waals surface area contributed by atoms with Gasteiger partial charge in [0.1, 0.15) is 6.29 Å². The van der Waals surface area contributed by atoms with E-state index in [1.807, 2.05) is 26.8 Å². The van der Waals surface area contributed by atoms with Crippen molar-refractivity contribution in [2.75, 3.05) is 0 Å². The number of allylic oxidation sites excluding steroid dienone is 4. The summed E-state index contributed by atoms with van der Waals surface area (Å²) in [5, 5.41) is 10.8. The Morgan fingerprint density at radius 1 is 1.12 bits per heavy atom. The monoisotopic (exact) mass is 454 g/mol. The third-order valence-corrected chi connectivity index (χ3v) is 11.5. The summed E-state index contributed by atoms with van der Waals surface area (Å²) < 4.78 is 0. The van der Waals surface area contributed by atoms with Crippen molar-refractivity contribution in [3.8, 4) is 0 Å². The van der Waals surface area contributed by atoms with E-state index in [4.69, 9.17) is 0 Å². The van der Waals surface area contributed by atoms with E-state index < -0.39 is 11.5 Å². The summed E-state index contributed by atoms with van der Waals surface area (Å²) in [6.45, 7) is 15.7. The average molecular weight is 455 g/mol. The molecule has 0 aromatic heterocycles. The van der Waals surface area contributed by atoms with E-state index in [2.05, 4.69) is 33.8 Å². The van der Waals surface area contributed by atoms with Crippen molar-refractivity contribution in [1.29, 1.82) is 0 Å². The minimum atomic E-state index is -0.644. The molecule has 4 rings (SSSR count). The molecule has 0 unspecified atom stereocenters. The Hall–Kier alpha value is -1.22. The first-order valence-corrected chi connectivity index (χ1v) is 13.4. The van der Waals surface area contributed by atoms with Crippen LogP contribution in [0.25, 0.3) is 0 Å². The second-order valence-electron chi connectivity index (χ2n) is 13.3. The SMILES string of the molecule is CC(C)=CC(=O)C[C@H](C)[C@@H]1CC[C@]2(C)C3=CC[C@H]4[C@@](C)(C=O)[C@H](O)CC[C@]4(C)[C@@H]3CC[C@@]12C. The van der Waals surface area contributed by atoms with E-state index in [-0.39, 0.29) is 27.9 Å². The lowest BCUT2D eigenvalue weighted by atomic mass is 9.41. The Morgan fingerprint density at radius 3 is 2.45 bits per heavy atom. The Kier molecular flexibility index (Phi) is 6.17. The van der Waals surface area contributed by atoms with Gasteiger partial charge in [0.05, 0.1) is 11.5 Å². The number of aliphatic hydroxyl groups excluding tert-OH is 1. The fourth-order valence-electron chi connectivity index (χ4n) is 9.40. The number of aldehydes is 1. The highest BCUT2D eigenvalue weighted by Crippen LogP contribution is 2.73. The standard InChI is InChI=1S/C30H46O3/c1-19(2)16-21(32)17-20(3)22-10-14-30(7)24-8-9-25-27(4,23(24)11-15-29(22,30)6)13-12-26(33)28(25,5)18-31/h8,16,18,20,22-23,25-26,33H,9-15,17H2,1-7H3/t20-,22-,23+,25+,26+,27+,28+,29-,30+/m0/s1. The summed E-state index contributed by atoms with van der Waals surface area (Å²) >= 11 is 0. The lowest BCUT2D eigenvalue weighted by Crippen LogP contribution is -2.59. The Bertz CT molecular complexity index is 881. The molecule has 4 aliphatic carbocycles. The van der Waals surface area contributed by atoms with Gasteiger partial charge in [0, 0.05) is 6.42 Å². The van der Waals surface area contributed by atoms with E-state index in [0.29, 0.717) is 24.2 Å². The van der Waals surface area contributed by atoms with Crippen LogP contribution in [-0.2, 0) is 9.59 Å². The van der Waals surface area contributed by atoms with Crippen molar-refractivity contribution in [2.45, 2.75) is 106 Å². The Labute approximate surface area is 201 Å². The van der Waals surface area contributed by atoms with Crippen LogP contribution in [0.5, 0.6) is 0 Å². The number of aliphatic hydroxyl groups is 1. The zero-order valence-corrected chi connectivity index (χ0v) is 22.0. The van der Waals surface area contributed by atoms with E-state index in [0.717, 1.165) is 31.1 Å². The molecule has 0 amide bonds. The van der Waals surface area contributed by atoms with Crippen molar-refractivity contribution in [1.82, 2.24) is 0 Å². The molecule has 3 saturated carbocycles. The van der Waals surface area contributed by atoms with Gasteiger partial charge in [-0.05, 0) is 105 Å². The van der Waals surface area contributed by atoms with Gasteiger partial charge >= 0.3 is 0 Å². The molecular weight excluding hydrogens is 408 g/mol. The predicted molar refractivity (Wildman–Crippen MR) is 134 cm³/mol. The van der Waals surface area contributed by atoms with Gasteiger partial charge in [-0.25, -0.2) is 0 Å². The molecule has 184 valence electrons. The quantitative estimate of drug-likeness (QED) is 0.286. The van der Waals surface area contributed by atoms with Gasteiger partial charge < -0.3 is 9.90 Å². The summed E-state index contributed by atoms with van der Waals surface area (Å²) in [6.07, 6.45) is 12.9. The first-order valence-electron chi connectivity index (χ1n) is 13.4. The Morgan fingerprint density at radius 2 is 1.82 bits per heavy atom. The van der Waals surface area contributed by atoms with E-state index in [1.165, 1.54) is 25.7 Å². The third-order valence-electron chi connectivity index (χ3n) is 11.5. The van der Waals surface area contributed by atoms with E-state index in [9.17, 15) is 14.7 Å². The summed E-state index contributed by atoms with van der Waals surface area (Å²) in [5.74, 6) is 1.95. The van der Waals surface area contributed by atoms with Gasteiger partial charge in [-0.15, -0.1) is 0 Å². The predicted octanol–water partition coefficient (Wildman–Crippen LogP) is 6.69. The molecule has 3 fully saturated rings. The number of carbonyl (C=O) groups is 2. The number of ketones is 1. The molecule has 0 aromatic carbocycles. The van der Waals surface area contributed by atoms with Gasteiger partial charge in [-0.2, -0.15) is 0 Å². The fraction of sp³-hybridized carbons (Fsp3) is 0.800. The third kappa shape index (κ3) is 3.46. The maximum Gasteiger partial charge on any atom is 0.155 e. The summed E-state index contributed by atoms with van der Waals surface area (Å²) in [7, 11) is 0. The lowest BCUT2D eigenvalue weighted by Gasteiger charge is -2.64. The minimum Gasteiger partial charge on any atom is -0.392 e. The van der Waals surface area contributed by atoms with Crippen molar-refractivity contribution in [3.63, 3.8) is 0 Å². The highest BCUT2D eigenvalue weighted by molar-refractivity contribution is 5.90. The van der Waals surface area contributed by atoms with E-state index in [1.54, 1.807) is 5.57 Å². The van der Waals surface area contributed by atoms with Gasteiger partial charge in [-0.3, -0.25) is 4.79 Å². The number of fused-ring (bicyclic) bond motifs is 5. The highest BCUT2D eigenvalue weighted by atomic mass is 16.3. The maximum absolute atomic E-state index is 12.6. The van der Waals surface area contributed by atoms with Gasteiger partial charge in [0.15, 0.2) is 5.78 Å². The number of hydrogen-bond donors (Lipinski definition) is 1. The number of rotatable bonds is 5. The van der Waals surface area contributed by atoms with Crippen LogP contribution < -0.4 is 0 Å². The van der Waals surface area contributed by atoms with Crippen LogP contribution in [0.3, 0.4) is 0 Å². The smallest absolute Gasteiger partial charge is 0.155 e. The van der Waals surface area contributed by atoms with Crippen molar-refractivity contribution in [3.05, 3.63) is 23.3 Å². The molecule has 3 nitrogen and oxygen atoms in total. The molecule has 0 aliphatic heterocycles. The molecule has 0 radical (unpaired) electrons. The highest BCUT2D eigenvalue weighted by Gasteiger charge is 2.65. The lowest BCUT2D eigenvalue weighted by molar-refractivity contribution is -0.154. The second-order valence-corrected chi connectivity index (χ2v) is 13.3.